The van der Waals surface area contributed by atoms with Crippen LogP contribution in [0.25, 0.3) is 0 Å². The molecular formula is C8H17P. The minimum Gasteiger partial charge on any atom is -0.118 e. The van der Waals surface area contributed by atoms with Gasteiger partial charge in [0.05, 0.1) is 0 Å². The zero-order valence-electron chi connectivity index (χ0n) is 6.32. The Morgan fingerprint density at radius 2 is 2.22 bits per heavy atom. The Kier molecular flexibility index (Phi) is 8.32. The number of rotatable bonds is 6. The van der Waals surface area contributed by atoms with Crippen molar-refractivity contribution < 1.29 is 0 Å². The third-order valence-electron chi connectivity index (χ3n) is 1.25. The van der Waals surface area contributed by atoms with Crippen LogP contribution in [0.1, 0.15) is 26.2 Å². The van der Waals surface area contributed by atoms with E-state index in [0.717, 1.165) is 8.58 Å². The van der Waals surface area contributed by atoms with E-state index in [2.05, 4.69) is 13.5 Å². The van der Waals surface area contributed by atoms with Crippen molar-refractivity contribution in [1.29, 1.82) is 0 Å². The number of hydrogen-bond donors (Lipinski definition) is 0. The van der Waals surface area contributed by atoms with Gasteiger partial charge in [0.15, 0.2) is 0 Å². The molecule has 0 radical (unpaired) electrons. The third kappa shape index (κ3) is 8.17. The normalized spacial score (nSPS) is 10.8. The van der Waals surface area contributed by atoms with Gasteiger partial charge in [0.25, 0.3) is 0 Å². The van der Waals surface area contributed by atoms with Gasteiger partial charge in [0, 0.05) is 0 Å². The zero-order chi connectivity index (χ0) is 6.95. The van der Waals surface area contributed by atoms with Crippen LogP contribution in [0, 0.1) is 0 Å². The van der Waals surface area contributed by atoms with Gasteiger partial charge in [-0.1, -0.05) is 25.8 Å². The summed E-state index contributed by atoms with van der Waals surface area (Å²) >= 11 is 0. The summed E-state index contributed by atoms with van der Waals surface area (Å²) in [6.07, 6.45) is 8.83. The topological polar surface area (TPSA) is 0 Å². The highest BCUT2D eigenvalue weighted by atomic mass is 31.1. The van der Waals surface area contributed by atoms with Crippen LogP contribution in [-0.4, -0.2) is 12.3 Å². The lowest BCUT2D eigenvalue weighted by atomic mass is 10.3. The van der Waals surface area contributed by atoms with Gasteiger partial charge in [-0.15, -0.1) is 15.2 Å². The van der Waals surface area contributed by atoms with Gasteiger partial charge in [0.2, 0.25) is 0 Å². The molecule has 0 aromatic rings. The molecule has 0 nitrogen and oxygen atoms in total. The van der Waals surface area contributed by atoms with Crippen molar-refractivity contribution in [3.05, 3.63) is 12.7 Å². The van der Waals surface area contributed by atoms with Crippen LogP contribution >= 0.6 is 8.58 Å². The average Bonchev–Trinajstić information content (AvgIpc) is 1.89. The maximum Gasteiger partial charge on any atom is -0.0175 e. The van der Waals surface area contributed by atoms with E-state index in [-0.39, 0.29) is 0 Å². The molecule has 0 N–H and O–H groups in total. The zero-order valence-corrected chi connectivity index (χ0v) is 7.32. The quantitative estimate of drug-likeness (QED) is 0.305. The number of unbranched alkanes of at least 4 members (excludes halogenated alkanes) is 2. The molecule has 1 heteroatoms. The Morgan fingerprint density at radius 3 is 2.78 bits per heavy atom. The number of hydrogen-bond acceptors (Lipinski definition) is 0. The van der Waals surface area contributed by atoms with Crippen LogP contribution < -0.4 is 0 Å². The van der Waals surface area contributed by atoms with Crippen LogP contribution in [0.3, 0.4) is 0 Å². The molecule has 0 saturated carbocycles. The monoisotopic (exact) mass is 144 g/mol. The van der Waals surface area contributed by atoms with Crippen LogP contribution in [0.15, 0.2) is 12.7 Å². The molecule has 0 saturated heterocycles. The molecule has 0 rings (SSSR count). The summed E-state index contributed by atoms with van der Waals surface area (Å²) in [5, 5.41) is 0. The second-order valence-corrected chi connectivity index (χ2v) is 3.61. The summed E-state index contributed by atoms with van der Waals surface area (Å²) in [5.41, 5.74) is 0. The maximum atomic E-state index is 3.69. The van der Waals surface area contributed by atoms with Gasteiger partial charge in [0.1, 0.15) is 0 Å². The smallest absolute Gasteiger partial charge is 0.0175 e. The molecule has 0 bridgehead atoms. The van der Waals surface area contributed by atoms with Crippen molar-refractivity contribution in [2.75, 3.05) is 12.3 Å². The molecule has 9 heavy (non-hydrogen) atoms. The summed E-state index contributed by atoms with van der Waals surface area (Å²) in [5.74, 6) is 0. The average molecular weight is 144 g/mol. The Morgan fingerprint density at radius 1 is 1.44 bits per heavy atom. The summed E-state index contributed by atoms with van der Waals surface area (Å²) < 4.78 is 0. The predicted octanol–water partition coefficient (Wildman–Crippen LogP) is 3.04. The molecule has 0 aliphatic rings. The Bertz CT molecular complexity index is 59.6. The molecule has 0 aliphatic heterocycles. The Balaban J connectivity index is 2.66. The standard InChI is InChI=1S/C8H17P/c1-3-5-6-8-9-7-4-2/h4,9H,2-3,5-8H2,1H3. The maximum absolute atomic E-state index is 3.69. The molecule has 0 aromatic heterocycles. The van der Waals surface area contributed by atoms with E-state index in [0.29, 0.717) is 0 Å². The summed E-state index contributed by atoms with van der Waals surface area (Å²) in [6, 6.07) is 0. The van der Waals surface area contributed by atoms with Crippen LogP contribution in [0.2, 0.25) is 0 Å². The second-order valence-electron chi connectivity index (χ2n) is 2.20. The highest BCUT2D eigenvalue weighted by Gasteiger charge is 1.83. The van der Waals surface area contributed by atoms with Crippen molar-refractivity contribution in [2.24, 2.45) is 0 Å². The fourth-order valence-corrected chi connectivity index (χ4v) is 1.61. The first-order chi connectivity index (χ1) is 4.41. The lowest BCUT2D eigenvalue weighted by molar-refractivity contribution is 0.777. The summed E-state index contributed by atoms with van der Waals surface area (Å²) in [7, 11) is 1.12. The van der Waals surface area contributed by atoms with Gasteiger partial charge in [-0.2, -0.15) is 0 Å². The van der Waals surface area contributed by atoms with E-state index in [9.17, 15) is 0 Å². The lowest BCUT2D eigenvalue weighted by Crippen LogP contribution is -1.77. The van der Waals surface area contributed by atoms with Gasteiger partial charge < -0.3 is 0 Å². The van der Waals surface area contributed by atoms with E-state index >= 15 is 0 Å². The van der Waals surface area contributed by atoms with Crippen molar-refractivity contribution in [3.8, 4) is 0 Å². The molecule has 0 fully saturated rings. The minimum atomic E-state index is 1.12. The molecule has 0 spiro atoms. The SMILES string of the molecule is C=CCPCCCCC. The van der Waals surface area contributed by atoms with E-state index in [4.69, 9.17) is 0 Å². The van der Waals surface area contributed by atoms with E-state index in [1.807, 2.05) is 6.08 Å². The van der Waals surface area contributed by atoms with Crippen molar-refractivity contribution in [3.63, 3.8) is 0 Å². The molecule has 54 valence electrons. The Labute approximate surface area is 60.5 Å². The van der Waals surface area contributed by atoms with E-state index in [1.165, 1.54) is 31.6 Å². The second kappa shape index (κ2) is 8.17. The highest BCUT2D eigenvalue weighted by Crippen LogP contribution is 2.12. The minimum absolute atomic E-state index is 1.12. The van der Waals surface area contributed by atoms with Gasteiger partial charge >= 0.3 is 0 Å². The first kappa shape index (κ1) is 9.17. The molecule has 0 aromatic carbocycles. The number of allylic oxidation sites excluding steroid dienone is 1. The fraction of sp³-hybridized carbons (Fsp3) is 0.750. The van der Waals surface area contributed by atoms with Gasteiger partial charge in [-0.25, -0.2) is 0 Å². The molecule has 1 atom stereocenters. The van der Waals surface area contributed by atoms with Crippen molar-refractivity contribution in [1.82, 2.24) is 0 Å². The lowest BCUT2D eigenvalue weighted by Gasteiger charge is -1.95. The van der Waals surface area contributed by atoms with E-state index in [1.54, 1.807) is 0 Å². The van der Waals surface area contributed by atoms with Crippen molar-refractivity contribution >= 4 is 8.58 Å². The molecular weight excluding hydrogens is 127 g/mol. The van der Waals surface area contributed by atoms with Gasteiger partial charge in [-0.05, 0) is 18.7 Å². The van der Waals surface area contributed by atoms with Crippen molar-refractivity contribution in [2.45, 2.75) is 26.2 Å². The highest BCUT2D eigenvalue weighted by molar-refractivity contribution is 7.38. The van der Waals surface area contributed by atoms with Crippen LogP contribution in [-0.2, 0) is 0 Å². The largest absolute Gasteiger partial charge is 0.118 e. The van der Waals surface area contributed by atoms with Crippen LogP contribution in [0.5, 0.6) is 0 Å². The third-order valence-corrected chi connectivity index (χ3v) is 2.53. The van der Waals surface area contributed by atoms with Gasteiger partial charge in [-0.3, -0.25) is 0 Å². The summed E-state index contributed by atoms with van der Waals surface area (Å²) in [6.45, 7) is 5.93. The summed E-state index contributed by atoms with van der Waals surface area (Å²) in [4.78, 5) is 0. The molecule has 0 aliphatic carbocycles. The molecule has 0 heterocycles. The first-order valence-electron chi connectivity index (χ1n) is 3.73. The van der Waals surface area contributed by atoms with Crippen LogP contribution in [0.4, 0.5) is 0 Å². The first-order valence-corrected chi connectivity index (χ1v) is 5.14. The molecule has 0 amide bonds. The van der Waals surface area contributed by atoms with E-state index < -0.39 is 0 Å². The predicted molar refractivity (Wildman–Crippen MR) is 47.8 cm³/mol. The Hall–Kier alpha value is 0.170. The fourth-order valence-electron chi connectivity index (χ4n) is 0.704. The molecule has 1 unspecified atom stereocenters.